The number of aryl methyl sites for hydroxylation is 1. The largest absolute Gasteiger partial charge is 0.198 e. The van der Waals surface area contributed by atoms with Gasteiger partial charge in [0, 0.05) is 6.42 Å². The molecule has 55 valence electrons. The summed E-state index contributed by atoms with van der Waals surface area (Å²) in [6, 6.07) is 13.0. The lowest BCUT2D eigenvalue weighted by atomic mass is 10.1. The molecule has 1 heteroatoms. The highest BCUT2D eigenvalue weighted by molar-refractivity contribution is 5.13. The van der Waals surface area contributed by atoms with Crippen molar-refractivity contribution in [3.05, 3.63) is 35.9 Å². The number of nitriles is 1. The van der Waals surface area contributed by atoms with Gasteiger partial charge in [0.2, 0.25) is 0 Å². The maximum atomic E-state index is 8.29. The average Bonchev–Trinajstić information content (AvgIpc) is 2.07. The molecule has 0 bridgehead atoms. The number of rotatable bonds is 3. The molecule has 11 heavy (non-hydrogen) atoms. The third-order valence-electron chi connectivity index (χ3n) is 1.54. The summed E-state index contributed by atoms with van der Waals surface area (Å²) in [5.41, 5.74) is 1.29. The minimum absolute atomic E-state index is 0.651. The summed E-state index contributed by atoms with van der Waals surface area (Å²) in [5.74, 6) is 0. The zero-order valence-corrected chi connectivity index (χ0v) is 6.38. The fourth-order valence-electron chi connectivity index (χ4n) is 0.960. The predicted molar refractivity (Wildman–Crippen MR) is 43.8 cm³/mol. The van der Waals surface area contributed by atoms with Crippen LogP contribution in [0.25, 0.3) is 0 Å². The summed E-state index contributed by atoms with van der Waals surface area (Å²) in [6.45, 7) is 0. The van der Waals surface area contributed by atoms with E-state index < -0.39 is 0 Å². The number of nitrogens with zero attached hydrogens (tertiary/aromatic N) is 1. The molecule has 1 aromatic rings. The maximum Gasteiger partial charge on any atom is 0.0621 e. The molecule has 0 aliphatic rings. The number of hydrogen-bond donors (Lipinski definition) is 0. The highest BCUT2D eigenvalue weighted by Gasteiger charge is 1.89. The molecule has 0 unspecified atom stereocenters. The molecule has 0 aromatic heterocycles. The molecule has 0 aliphatic carbocycles. The molecule has 0 spiro atoms. The minimum atomic E-state index is 0.651. The van der Waals surface area contributed by atoms with Crippen LogP contribution in [0.15, 0.2) is 24.3 Å². The van der Waals surface area contributed by atoms with Gasteiger partial charge in [-0.3, -0.25) is 0 Å². The Bertz CT molecular complexity index is 233. The molecule has 0 fully saturated rings. The zero-order chi connectivity index (χ0) is 7.94. The average molecular weight is 144 g/mol. The summed E-state index contributed by atoms with van der Waals surface area (Å²) in [5, 5.41) is 8.29. The van der Waals surface area contributed by atoms with E-state index in [0.29, 0.717) is 6.42 Å². The van der Waals surface area contributed by atoms with E-state index in [1.807, 2.05) is 24.3 Å². The summed E-state index contributed by atoms with van der Waals surface area (Å²) in [7, 11) is 0. The Hall–Kier alpha value is -1.29. The molecular weight excluding hydrogens is 134 g/mol. The van der Waals surface area contributed by atoms with E-state index in [-0.39, 0.29) is 0 Å². The van der Waals surface area contributed by atoms with E-state index in [4.69, 9.17) is 5.26 Å². The van der Waals surface area contributed by atoms with Crippen LogP contribution in [0.3, 0.4) is 0 Å². The van der Waals surface area contributed by atoms with E-state index in [1.54, 1.807) is 0 Å². The first-order chi connectivity index (χ1) is 5.43. The number of unbranched alkanes of at least 4 members (excludes halogenated alkanes) is 1. The first-order valence-electron chi connectivity index (χ1n) is 3.75. The van der Waals surface area contributed by atoms with Crippen molar-refractivity contribution in [1.82, 2.24) is 0 Å². The molecule has 0 atom stereocenters. The molecule has 1 nitrogen and oxygen atoms in total. The predicted octanol–water partition coefficient (Wildman–Crippen LogP) is 2.33. The van der Waals surface area contributed by atoms with Crippen LogP contribution >= 0.6 is 0 Å². The van der Waals surface area contributed by atoms with Gasteiger partial charge in [-0.25, -0.2) is 0 Å². The van der Waals surface area contributed by atoms with E-state index in [9.17, 15) is 0 Å². The Morgan fingerprint density at radius 3 is 2.73 bits per heavy atom. The monoisotopic (exact) mass is 144 g/mol. The van der Waals surface area contributed by atoms with E-state index in [1.165, 1.54) is 5.56 Å². The minimum Gasteiger partial charge on any atom is -0.198 e. The lowest BCUT2D eigenvalue weighted by molar-refractivity contribution is 0.850. The van der Waals surface area contributed by atoms with Crippen molar-refractivity contribution in [3.8, 4) is 6.07 Å². The van der Waals surface area contributed by atoms with Crippen molar-refractivity contribution in [2.24, 2.45) is 0 Å². The Kier molecular flexibility index (Phi) is 3.21. The third kappa shape index (κ3) is 2.86. The Labute approximate surface area is 67.3 Å². The molecule has 1 aromatic carbocycles. The van der Waals surface area contributed by atoms with Crippen LogP contribution in [0.5, 0.6) is 0 Å². The van der Waals surface area contributed by atoms with Crippen molar-refractivity contribution in [1.29, 1.82) is 5.26 Å². The third-order valence-corrected chi connectivity index (χ3v) is 1.54. The second-order valence-electron chi connectivity index (χ2n) is 2.42. The van der Waals surface area contributed by atoms with Crippen LogP contribution in [-0.4, -0.2) is 0 Å². The van der Waals surface area contributed by atoms with Crippen molar-refractivity contribution in [2.75, 3.05) is 0 Å². The molecule has 0 aliphatic heterocycles. The van der Waals surface area contributed by atoms with Gasteiger partial charge >= 0.3 is 0 Å². The smallest absolute Gasteiger partial charge is 0.0621 e. The number of hydrogen-bond acceptors (Lipinski definition) is 1. The molecular formula is C10H10N. The molecule has 0 N–H and O–H groups in total. The van der Waals surface area contributed by atoms with Gasteiger partial charge in [-0.05, 0) is 24.5 Å². The summed E-state index contributed by atoms with van der Waals surface area (Å²) in [4.78, 5) is 0. The first-order valence-corrected chi connectivity index (χ1v) is 3.75. The quantitative estimate of drug-likeness (QED) is 0.597. The SMILES string of the molecule is N#CCCCc1cc[c]cc1. The van der Waals surface area contributed by atoms with Crippen LogP contribution in [-0.2, 0) is 6.42 Å². The van der Waals surface area contributed by atoms with Gasteiger partial charge in [-0.2, -0.15) is 5.26 Å². The van der Waals surface area contributed by atoms with Gasteiger partial charge in [0.15, 0.2) is 0 Å². The van der Waals surface area contributed by atoms with Gasteiger partial charge in [0.1, 0.15) is 0 Å². The number of benzene rings is 1. The highest BCUT2D eigenvalue weighted by atomic mass is 14.2. The van der Waals surface area contributed by atoms with Crippen molar-refractivity contribution < 1.29 is 0 Å². The van der Waals surface area contributed by atoms with Crippen molar-refractivity contribution in [3.63, 3.8) is 0 Å². The molecule has 0 amide bonds. The van der Waals surface area contributed by atoms with Gasteiger partial charge < -0.3 is 0 Å². The molecule has 1 radical (unpaired) electrons. The second kappa shape index (κ2) is 4.51. The Morgan fingerprint density at radius 2 is 2.09 bits per heavy atom. The van der Waals surface area contributed by atoms with Crippen molar-refractivity contribution >= 4 is 0 Å². The molecule has 0 saturated carbocycles. The van der Waals surface area contributed by atoms with Crippen LogP contribution in [0, 0.1) is 17.4 Å². The normalized spacial score (nSPS) is 9.00. The highest BCUT2D eigenvalue weighted by Crippen LogP contribution is 2.02. The topological polar surface area (TPSA) is 23.8 Å². The Morgan fingerprint density at radius 1 is 1.36 bits per heavy atom. The van der Waals surface area contributed by atoms with E-state index >= 15 is 0 Å². The summed E-state index contributed by atoms with van der Waals surface area (Å²) >= 11 is 0. The van der Waals surface area contributed by atoms with Crippen molar-refractivity contribution in [2.45, 2.75) is 19.3 Å². The first kappa shape index (κ1) is 7.81. The van der Waals surface area contributed by atoms with E-state index in [2.05, 4.69) is 12.1 Å². The van der Waals surface area contributed by atoms with E-state index in [0.717, 1.165) is 12.8 Å². The standard InChI is InChI=1S/C10H10N/c11-9-5-4-8-10-6-2-1-3-7-10/h2-3,6-7H,4-5,8H2. The lowest BCUT2D eigenvalue weighted by Crippen LogP contribution is -1.82. The fraction of sp³-hybridized carbons (Fsp3) is 0.300. The van der Waals surface area contributed by atoms with Crippen LogP contribution in [0.2, 0.25) is 0 Å². The molecule has 0 heterocycles. The van der Waals surface area contributed by atoms with Gasteiger partial charge in [0.05, 0.1) is 6.07 Å². The van der Waals surface area contributed by atoms with Crippen LogP contribution in [0.1, 0.15) is 18.4 Å². The van der Waals surface area contributed by atoms with Gasteiger partial charge in [-0.1, -0.05) is 24.3 Å². The maximum absolute atomic E-state index is 8.29. The summed E-state index contributed by atoms with van der Waals surface area (Å²) < 4.78 is 0. The molecule has 1 rings (SSSR count). The second-order valence-corrected chi connectivity index (χ2v) is 2.42. The zero-order valence-electron chi connectivity index (χ0n) is 6.38. The van der Waals surface area contributed by atoms with Crippen LogP contribution < -0.4 is 0 Å². The van der Waals surface area contributed by atoms with Gasteiger partial charge in [-0.15, -0.1) is 0 Å². The Balaban J connectivity index is 2.35. The fourth-order valence-corrected chi connectivity index (χ4v) is 0.960. The van der Waals surface area contributed by atoms with Crippen LogP contribution in [0.4, 0.5) is 0 Å². The summed E-state index contributed by atoms with van der Waals surface area (Å²) in [6.07, 6.45) is 2.61. The lowest BCUT2D eigenvalue weighted by Gasteiger charge is -1.95. The van der Waals surface area contributed by atoms with Gasteiger partial charge in [0.25, 0.3) is 0 Å². The molecule has 0 saturated heterocycles.